The molecule has 0 saturated carbocycles. The minimum Gasteiger partial charge on any atom is -0.218 e. The van der Waals surface area contributed by atoms with Gasteiger partial charge in [-0.25, -0.2) is 8.42 Å². The lowest BCUT2D eigenvalue weighted by Crippen LogP contribution is -1.99. The predicted octanol–water partition coefficient (Wildman–Crippen LogP) is 2.56. The van der Waals surface area contributed by atoms with Gasteiger partial charge in [0, 0.05) is 0 Å². The van der Waals surface area contributed by atoms with Crippen molar-refractivity contribution in [1.82, 2.24) is 0 Å². The second kappa shape index (κ2) is 3.94. The highest BCUT2D eigenvalue weighted by molar-refractivity contribution is 7.96. The molecule has 1 aromatic carbocycles. The van der Waals surface area contributed by atoms with Gasteiger partial charge in [-0.2, -0.15) is 0 Å². The van der Waals surface area contributed by atoms with Crippen LogP contribution in [0.2, 0.25) is 0 Å². The predicted molar refractivity (Wildman–Crippen MR) is 53.2 cm³/mol. The lowest BCUT2D eigenvalue weighted by Gasteiger charge is -2.00. The lowest BCUT2D eigenvalue weighted by molar-refractivity contribution is 0.604. The van der Waals surface area contributed by atoms with Gasteiger partial charge in [-0.3, -0.25) is 0 Å². The highest BCUT2D eigenvalue weighted by Crippen LogP contribution is 2.21. The van der Waals surface area contributed by atoms with Crippen LogP contribution in [-0.2, 0) is 9.84 Å². The number of allylic oxidation sites excluding steroid dienone is 1. The Morgan fingerprint density at radius 1 is 1.31 bits per heavy atom. The highest BCUT2D eigenvalue weighted by Gasteiger charge is 2.16. The molecule has 0 saturated heterocycles. The largest absolute Gasteiger partial charge is 0.218 e. The molecule has 2 nitrogen and oxygen atoms in total. The molecule has 0 unspecified atom stereocenters. The van der Waals surface area contributed by atoms with E-state index in [0.29, 0.717) is 0 Å². The monoisotopic (exact) mass is 216 g/mol. The maximum Gasteiger partial charge on any atom is 0.216 e. The van der Waals surface area contributed by atoms with Crippen LogP contribution >= 0.6 is 11.6 Å². The zero-order valence-corrected chi connectivity index (χ0v) is 8.64. The van der Waals surface area contributed by atoms with Crippen molar-refractivity contribution in [2.75, 3.05) is 0 Å². The molecular formula is C9H9ClO2S. The average Bonchev–Trinajstić information content (AvgIpc) is 2.18. The maximum absolute atomic E-state index is 11.6. The fourth-order valence-electron chi connectivity index (χ4n) is 0.867. The van der Waals surface area contributed by atoms with E-state index in [1.54, 1.807) is 25.1 Å². The first-order chi connectivity index (χ1) is 6.09. The number of hydrogen-bond acceptors (Lipinski definition) is 2. The molecule has 0 atom stereocenters. The lowest BCUT2D eigenvalue weighted by atomic mass is 10.4. The van der Waals surface area contributed by atoms with Crippen LogP contribution in [0.4, 0.5) is 0 Å². The Morgan fingerprint density at radius 2 is 1.85 bits per heavy atom. The van der Waals surface area contributed by atoms with Gasteiger partial charge in [0.05, 0.1) is 4.90 Å². The van der Waals surface area contributed by atoms with Crippen molar-refractivity contribution in [3.63, 3.8) is 0 Å². The second-order valence-electron chi connectivity index (χ2n) is 2.41. The van der Waals surface area contributed by atoms with Crippen LogP contribution in [0.5, 0.6) is 0 Å². The fourth-order valence-corrected chi connectivity index (χ4v) is 2.19. The molecule has 13 heavy (non-hydrogen) atoms. The van der Waals surface area contributed by atoms with Crippen LogP contribution in [0.15, 0.2) is 45.7 Å². The summed E-state index contributed by atoms with van der Waals surface area (Å²) in [6, 6.07) is 8.10. The first-order valence-corrected chi connectivity index (χ1v) is 5.57. The summed E-state index contributed by atoms with van der Waals surface area (Å²) in [5.41, 5.74) is 0. The molecule has 0 N–H and O–H groups in total. The zero-order valence-electron chi connectivity index (χ0n) is 7.07. The first kappa shape index (κ1) is 10.3. The molecule has 0 amide bonds. The Morgan fingerprint density at radius 3 is 2.31 bits per heavy atom. The third-order valence-electron chi connectivity index (χ3n) is 1.54. The Kier molecular flexibility index (Phi) is 3.12. The topological polar surface area (TPSA) is 34.1 Å². The zero-order chi connectivity index (χ0) is 9.90. The quantitative estimate of drug-likeness (QED) is 0.762. The summed E-state index contributed by atoms with van der Waals surface area (Å²) in [6.07, 6.45) is 1.36. The van der Waals surface area contributed by atoms with Gasteiger partial charge in [-0.15, -0.1) is 0 Å². The van der Waals surface area contributed by atoms with E-state index in [-0.39, 0.29) is 9.26 Å². The SMILES string of the molecule is C/C=C(\Cl)S(=O)(=O)c1ccccc1. The standard InChI is InChI=1S/C9H9ClO2S/c1-2-9(10)13(11,12)8-6-4-3-5-7-8/h2-7H,1H3/b9-2+. The van der Waals surface area contributed by atoms with Crippen molar-refractivity contribution >= 4 is 21.4 Å². The van der Waals surface area contributed by atoms with E-state index >= 15 is 0 Å². The van der Waals surface area contributed by atoms with Crippen LogP contribution in [0.3, 0.4) is 0 Å². The Bertz CT molecular complexity index is 407. The van der Waals surface area contributed by atoms with Crippen LogP contribution in [0, 0.1) is 0 Å². The highest BCUT2D eigenvalue weighted by atomic mass is 35.5. The fraction of sp³-hybridized carbons (Fsp3) is 0.111. The van der Waals surface area contributed by atoms with E-state index in [4.69, 9.17) is 11.6 Å². The number of benzene rings is 1. The summed E-state index contributed by atoms with van der Waals surface area (Å²) in [7, 11) is -3.46. The van der Waals surface area contributed by atoms with E-state index < -0.39 is 9.84 Å². The molecule has 0 aliphatic heterocycles. The van der Waals surface area contributed by atoms with Gasteiger partial charge in [0.25, 0.3) is 0 Å². The molecule has 0 fully saturated rings. The molecule has 0 aromatic heterocycles. The van der Waals surface area contributed by atoms with Gasteiger partial charge in [0.15, 0.2) is 0 Å². The van der Waals surface area contributed by atoms with E-state index in [2.05, 4.69) is 0 Å². The molecule has 0 bridgehead atoms. The van der Waals surface area contributed by atoms with Crippen molar-refractivity contribution in [3.8, 4) is 0 Å². The van der Waals surface area contributed by atoms with E-state index in [9.17, 15) is 8.42 Å². The Labute approximate surface area is 82.8 Å². The van der Waals surface area contributed by atoms with Crippen molar-refractivity contribution in [2.45, 2.75) is 11.8 Å². The third-order valence-corrected chi connectivity index (χ3v) is 4.01. The summed E-state index contributed by atoms with van der Waals surface area (Å²) < 4.78 is 23.0. The van der Waals surface area contributed by atoms with E-state index in [0.717, 1.165) is 0 Å². The minimum absolute atomic E-state index is 0.140. The number of rotatable bonds is 2. The van der Waals surface area contributed by atoms with Gasteiger partial charge in [0.2, 0.25) is 9.84 Å². The summed E-state index contributed by atoms with van der Waals surface area (Å²) in [6.45, 7) is 1.59. The van der Waals surface area contributed by atoms with Crippen LogP contribution < -0.4 is 0 Å². The molecular weight excluding hydrogens is 208 g/mol. The van der Waals surface area contributed by atoms with Gasteiger partial charge in [-0.1, -0.05) is 35.9 Å². The molecule has 0 aliphatic rings. The first-order valence-electron chi connectivity index (χ1n) is 3.71. The van der Waals surface area contributed by atoms with E-state index in [1.165, 1.54) is 18.2 Å². The van der Waals surface area contributed by atoms with Crippen LogP contribution in [0.1, 0.15) is 6.92 Å². The molecule has 1 aromatic rings. The molecule has 0 heterocycles. The van der Waals surface area contributed by atoms with Gasteiger partial charge in [0.1, 0.15) is 4.36 Å². The van der Waals surface area contributed by atoms with Crippen molar-refractivity contribution in [3.05, 3.63) is 40.8 Å². The molecule has 0 aliphatic carbocycles. The van der Waals surface area contributed by atoms with Crippen molar-refractivity contribution in [2.24, 2.45) is 0 Å². The summed E-state index contributed by atoms with van der Waals surface area (Å²) in [5.74, 6) is 0. The maximum atomic E-state index is 11.6. The smallest absolute Gasteiger partial charge is 0.216 e. The van der Waals surface area contributed by atoms with Crippen molar-refractivity contribution < 1.29 is 8.42 Å². The summed E-state index contributed by atoms with van der Waals surface area (Å²) in [4.78, 5) is 0.220. The Hall–Kier alpha value is -0.800. The van der Waals surface area contributed by atoms with Crippen molar-refractivity contribution in [1.29, 1.82) is 0 Å². The second-order valence-corrected chi connectivity index (χ2v) is 4.96. The summed E-state index contributed by atoms with van der Waals surface area (Å²) >= 11 is 5.56. The molecule has 70 valence electrons. The van der Waals surface area contributed by atoms with Gasteiger partial charge in [-0.05, 0) is 19.1 Å². The molecule has 0 spiro atoms. The summed E-state index contributed by atoms with van der Waals surface area (Å²) in [5, 5.41) is 0. The number of sulfone groups is 1. The Balaban J connectivity index is 3.25. The van der Waals surface area contributed by atoms with Crippen LogP contribution in [0.25, 0.3) is 0 Å². The molecule has 1 rings (SSSR count). The van der Waals surface area contributed by atoms with Gasteiger partial charge >= 0.3 is 0 Å². The van der Waals surface area contributed by atoms with Crippen LogP contribution in [-0.4, -0.2) is 8.42 Å². The molecule has 0 radical (unpaired) electrons. The average molecular weight is 217 g/mol. The van der Waals surface area contributed by atoms with E-state index in [1.807, 2.05) is 0 Å². The number of halogens is 1. The molecule has 4 heteroatoms. The van der Waals surface area contributed by atoms with Gasteiger partial charge < -0.3 is 0 Å². The third kappa shape index (κ3) is 2.11. The minimum atomic E-state index is -3.46. The number of hydrogen-bond donors (Lipinski definition) is 0. The normalized spacial score (nSPS) is 12.9.